The van der Waals surface area contributed by atoms with E-state index in [0.29, 0.717) is 5.92 Å². The molecule has 1 saturated carbocycles. The molecule has 2 aromatic rings. The van der Waals surface area contributed by atoms with Crippen molar-refractivity contribution in [1.82, 2.24) is 0 Å². The Hall–Kier alpha value is -2.86. The molecule has 2 heterocycles. The van der Waals surface area contributed by atoms with E-state index in [0.717, 1.165) is 55.8 Å². The van der Waals surface area contributed by atoms with Crippen LogP contribution in [0.15, 0.2) is 72.0 Å². The van der Waals surface area contributed by atoms with Crippen molar-refractivity contribution in [1.29, 1.82) is 0 Å². The van der Waals surface area contributed by atoms with Gasteiger partial charge in [-0.2, -0.15) is 4.58 Å². The highest BCUT2D eigenvalue weighted by Crippen LogP contribution is 2.44. The highest BCUT2D eigenvalue weighted by molar-refractivity contribution is 5.98. The molecule has 2 aromatic carbocycles. The maximum atomic E-state index is 10.0. The van der Waals surface area contributed by atoms with E-state index >= 15 is 0 Å². The summed E-state index contributed by atoms with van der Waals surface area (Å²) in [6.07, 6.45) is 12.7. The molecule has 0 amide bonds. The molecule has 5 rings (SSSR count). The topological polar surface area (TPSA) is 54.1 Å². The summed E-state index contributed by atoms with van der Waals surface area (Å²) < 4.78 is 14.0. The fourth-order valence-electron chi connectivity index (χ4n) is 5.29. The smallest absolute Gasteiger partial charge is 0.332 e. The van der Waals surface area contributed by atoms with Crippen molar-refractivity contribution < 1.29 is 19.2 Å². The summed E-state index contributed by atoms with van der Waals surface area (Å²) in [5.41, 5.74) is 5.47. The minimum absolute atomic E-state index is 0.140. The minimum Gasteiger partial charge on any atom is -0.390 e. The molecule has 1 aliphatic carbocycles. The third-order valence-electron chi connectivity index (χ3n) is 7.42. The molecular formula is C31H37N2O3+. The highest BCUT2D eigenvalue weighted by atomic mass is 16.7. The average molecular weight is 486 g/mol. The van der Waals surface area contributed by atoms with Crippen molar-refractivity contribution in [2.75, 3.05) is 6.61 Å². The van der Waals surface area contributed by atoms with Gasteiger partial charge in [0.1, 0.15) is 11.9 Å². The second-order valence-electron chi connectivity index (χ2n) is 10.6. The first-order valence-electron chi connectivity index (χ1n) is 13.1. The zero-order valence-corrected chi connectivity index (χ0v) is 21.6. The van der Waals surface area contributed by atoms with Crippen molar-refractivity contribution in [2.45, 2.75) is 76.8 Å². The third-order valence-corrected chi connectivity index (χ3v) is 7.42. The van der Waals surface area contributed by atoms with Crippen LogP contribution in [0.3, 0.4) is 0 Å². The normalized spacial score (nSPS) is 28.2. The predicted octanol–water partition coefficient (Wildman–Crippen LogP) is 6.28. The Bertz CT molecular complexity index is 1180. The van der Waals surface area contributed by atoms with E-state index in [1.54, 1.807) is 0 Å². The zero-order valence-electron chi connectivity index (χ0n) is 21.6. The van der Waals surface area contributed by atoms with Crippen molar-refractivity contribution >= 4 is 17.6 Å². The Morgan fingerprint density at radius 1 is 1.11 bits per heavy atom. The molecule has 2 fully saturated rings. The number of aliphatic imine (C=N–C) groups is 1. The summed E-state index contributed by atoms with van der Waals surface area (Å²) in [5.74, 6) is 1.36. The monoisotopic (exact) mass is 485 g/mol. The molecule has 2 aliphatic heterocycles. The Balaban J connectivity index is 1.21. The summed E-state index contributed by atoms with van der Waals surface area (Å²) >= 11 is 0. The first kappa shape index (κ1) is 24.8. The van der Waals surface area contributed by atoms with Crippen molar-refractivity contribution in [3.63, 3.8) is 0 Å². The van der Waals surface area contributed by atoms with Crippen LogP contribution in [0.5, 0.6) is 0 Å². The van der Waals surface area contributed by atoms with E-state index < -0.39 is 5.60 Å². The lowest BCUT2D eigenvalue weighted by molar-refractivity contribution is -0.333. The highest BCUT2D eigenvalue weighted by Gasteiger charge is 2.38. The van der Waals surface area contributed by atoms with Gasteiger partial charge in [0.15, 0.2) is 18.6 Å². The van der Waals surface area contributed by atoms with E-state index in [1.807, 2.05) is 26.2 Å². The van der Waals surface area contributed by atoms with Crippen molar-refractivity contribution in [3.8, 4) is 11.1 Å². The van der Waals surface area contributed by atoms with E-state index in [1.165, 1.54) is 16.7 Å². The number of ether oxygens (including phenoxy) is 2. The van der Waals surface area contributed by atoms with E-state index in [9.17, 15) is 5.11 Å². The Kier molecular flexibility index (Phi) is 7.33. The molecule has 36 heavy (non-hydrogen) atoms. The Labute approximate surface area is 214 Å². The average Bonchev–Trinajstić information content (AvgIpc) is 3.37. The molecule has 1 saturated heterocycles. The molecule has 1 unspecified atom stereocenters. The predicted molar refractivity (Wildman–Crippen MR) is 145 cm³/mol. The SMILES string of the molecule is CC(/C=C/c1ccc(-c2ccc(C3CC(C)(O)C3)cc2)cc1)=[N+]1C=CN=C1[C@H](C)OC1CCCCO1. The summed E-state index contributed by atoms with van der Waals surface area (Å²) in [4.78, 5) is 4.55. The molecule has 5 nitrogen and oxygen atoms in total. The minimum atomic E-state index is -0.488. The molecule has 1 N–H and O–H groups in total. The summed E-state index contributed by atoms with van der Waals surface area (Å²) in [5, 5.41) is 10.0. The summed E-state index contributed by atoms with van der Waals surface area (Å²) in [6.45, 7) is 6.82. The van der Waals surface area contributed by atoms with Gasteiger partial charge in [-0.3, -0.25) is 0 Å². The number of aliphatic hydroxyl groups is 1. The summed E-state index contributed by atoms with van der Waals surface area (Å²) in [7, 11) is 0. The largest absolute Gasteiger partial charge is 0.390 e. The number of hydrogen-bond donors (Lipinski definition) is 1. The van der Waals surface area contributed by atoms with E-state index in [4.69, 9.17) is 9.47 Å². The molecule has 0 aromatic heterocycles. The lowest BCUT2D eigenvalue weighted by Gasteiger charge is -2.41. The van der Waals surface area contributed by atoms with Crippen LogP contribution in [-0.2, 0) is 9.47 Å². The van der Waals surface area contributed by atoms with Gasteiger partial charge in [0.05, 0.1) is 5.60 Å². The lowest BCUT2D eigenvalue weighted by Crippen LogP contribution is -2.39. The van der Waals surface area contributed by atoms with Crippen LogP contribution in [0.4, 0.5) is 0 Å². The Morgan fingerprint density at radius 3 is 2.44 bits per heavy atom. The Morgan fingerprint density at radius 2 is 1.81 bits per heavy atom. The first-order chi connectivity index (χ1) is 17.4. The molecule has 188 valence electrons. The van der Waals surface area contributed by atoms with Gasteiger partial charge < -0.3 is 14.6 Å². The fraction of sp³-hybridized carbons (Fsp3) is 0.419. The standard InChI is InChI=1S/C31H37N2O3/c1-22(33-18-17-32-30(33)23(2)36-29-6-4-5-19-35-29)7-8-24-9-11-25(12-10-24)26-13-15-27(16-14-26)28-20-31(3,34)21-28/h7-18,23,28-29,34H,4-6,19-21H2,1-3H3/q+1/b8-7+,33-22?/t23-,28?,29?,31?/m0/s1. The summed E-state index contributed by atoms with van der Waals surface area (Å²) in [6, 6.07) is 17.4. The van der Waals surface area contributed by atoms with Gasteiger partial charge in [0, 0.05) is 6.61 Å². The van der Waals surface area contributed by atoms with Crippen LogP contribution in [0.25, 0.3) is 17.2 Å². The number of hydrogen-bond acceptors (Lipinski definition) is 4. The van der Waals surface area contributed by atoms with Gasteiger partial charge in [-0.25, -0.2) is 0 Å². The maximum Gasteiger partial charge on any atom is 0.332 e. The molecule has 5 heteroatoms. The van der Waals surface area contributed by atoms with Gasteiger partial charge in [-0.15, -0.1) is 0 Å². The van der Waals surface area contributed by atoms with E-state index in [2.05, 4.69) is 77.2 Å². The van der Waals surface area contributed by atoms with Gasteiger partial charge >= 0.3 is 5.84 Å². The second kappa shape index (κ2) is 10.6. The molecular weight excluding hydrogens is 448 g/mol. The molecule has 2 atom stereocenters. The van der Waals surface area contributed by atoms with Crippen LogP contribution < -0.4 is 0 Å². The molecule has 0 radical (unpaired) electrons. The van der Waals surface area contributed by atoms with Gasteiger partial charge in [-0.1, -0.05) is 54.6 Å². The van der Waals surface area contributed by atoms with Gasteiger partial charge in [0.2, 0.25) is 0 Å². The van der Waals surface area contributed by atoms with Crippen LogP contribution in [0, 0.1) is 0 Å². The quantitative estimate of drug-likeness (QED) is 0.469. The number of rotatable bonds is 7. The first-order valence-corrected chi connectivity index (χ1v) is 13.1. The van der Waals surface area contributed by atoms with Crippen LogP contribution in [0.1, 0.15) is 69.9 Å². The second-order valence-corrected chi connectivity index (χ2v) is 10.6. The van der Waals surface area contributed by atoms with E-state index in [-0.39, 0.29) is 12.4 Å². The lowest BCUT2D eigenvalue weighted by atomic mass is 9.69. The zero-order chi connectivity index (χ0) is 25.1. The number of nitrogens with zero attached hydrogens (tertiary/aromatic N) is 2. The number of allylic oxidation sites excluding steroid dienone is 1. The van der Waals surface area contributed by atoms with Crippen molar-refractivity contribution in [2.24, 2.45) is 4.99 Å². The molecule has 3 aliphatic rings. The van der Waals surface area contributed by atoms with Gasteiger partial charge in [0.25, 0.3) is 0 Å². The maximum absolute atomic E-state index is 10.0. The number of amidine groups is 1. The van der Waals surface area contributed by atoms with Gasteiger partial charge in [-0.05, 0) is 92.1 Å². The third kappa shape index (κ3) is 5.75. The van der Waals surface area contributed by atoms with Crippen LogP contribution in [0.2, 0.25) is 0 Å². The van der Waals surface area contributed by atoms with Crippen molar-refractivity contribution in [3.05, 3.63) is 78.1 Å². The molecule has 0 bridgehead atoms. The molecule has 0 spiro atoms. The van der Waals surface area contributed by atoms with Crippen LogP contribution in [-0.4, -0.2) is 45.8 Å². The fourth-order valence-corrected chi connectivity index (χ4v) is 5.29. The number of benzene rings is 2. The van der Waals surface area contributed by atoms with Crippen LogP contribution >= 0.6 is 0 Å².